The van der Waals surface area contributed by atoms with Crippen LogP contribution in [0.15, 0.2) is 0 Å². The van der Waals surface area contributed by atoms with Gasteiger partial charge in [0.15, 0.2) is 0 Å². The largest absolute Gasteiger partial charge is 0.395 e. The summed E-state index contributed by atoms with van der Waals surface area (Å²) < 4.78 is 0. The van der Waals surface area contributed by atoms with Crippen molar-refractivity contribution in [3.05, 3.63) is 0 Å². The van der Waals surface area contributed by atoms with Crippen LogP contribution in [0.3, 0.4) is 0 Å². The lowest BCUT2D eigenvalue weighted by atomic mass is 9.96. The molecule has 0 radical (unpaired) electrons. The molecule has 0 aromatic carbocycles. The van der Waals surface area contributed by atoms with Gasteiger partial charge in [0.25, 0.3) is 0 Å². The summed E-state index contributed by atoms with van der Waals surface area (Å²) in [6.07, 6.45) is 5.26. The van der Waals surface area contributed by atoms with Crippen LogP contribution in [-0.2, 0) is 0 Å². The molecule has 10 heavy (non-hydrogen) atoms. The summed E-state index contributed by atoms with van der Waals surface area (Å²) >= 11 is 0. The molecule has 0 aromatic heterocycles. The molecule has 1 atom stereocenters. The van der Waals surface area contributed by atoms with E-state index in [0.717, 1.165) is 0 Å². The quantitative estimate of drug-likeness (QED) is 0.468. The number of aliphatic hydroxyl groups is 1. The molecule has 0 fully saturated rings. The lowest BCUT2D eigenvalue weighted by molar-refractivity contribution is 0.157. The Balaban J connectivity index is 4.22. The van der Waals surface area contributed by atoms with E-state index < -0.39 is 8.80 Å². The average Bonchev–Trinajstić information content (AvgIpc) is 1.86. The van der Waals surface area contributed by atoms with Gasteiger partial charge in [-0.05, 0) is 13.8 Å². The Morgan fingerprint density at radius 1 is 1.50 bits per heavy atom. The molecule has 0 aliphatic heterocycles. The van der Waals surface area contributed by atoms with Gasteiger partial charge in [-0.2, -0.15) is 0 Å². The second kappa shape index (κ2) is 3.22. The Bertz CT molecular complexity index is 144. The maximum Gasteiger partial charge on any atom is 0.0672 e. The Morgan fingerprint density at radius 2 is 1.90 bits per heavy atom. The monoisotopic (exact) mass is 156 g/mol. The first-order valence-electron chi connectivity index (χ1n) is 3.57. The summed E-state index contributed by atoms with van der Waals surface area (Å²) in [5, 5.41) is 9.57. The van der Waals surface area contributed by atoms with E-state index in [2.05, 4.69) is 19.0 Å². The average molecular weight is 156 g/mol. The van der Waals surface area contributed by atoms with Crippen molar-refractivity contribution in [3.8, 4) is 12.3 Å². The molecule has 1 nitrogen and oxygen atoms in total. The third kappa shape index (κ3) is 2.16. The molecule has 0 aliphatic carbocycles. The van der Waals surface area contributed by atoms with E-state index >= 15 is 0 Å². The molecule has 0 heterocycles. The van der Waals surface area contributed by atoms with Gasteiger partial charge in [-0.1, -0.05) is 19.0 Å². The van der Waals surface area contributed by atoms with Crippen LogP contribution in [0.5, 0.6) is 0 Å². The van der Waals surface area contributed by atoms with Gasteiger partial charge < -0.3 is 5.11 Å². The molecular formula is C8H16OSi. The number of rotatable bonds is 2. The first kappa shape index (κ1) is 9.74. The maximum atomic E-state index is 9.57. The number of hydrogen-bond acceptors (Lipinski definition) is 1. The van der Waals surface area contributed by atoms with Crippen LogP contribution in [0.4, 0.5) is 0 Å². The normalized spacial score (nSPS) is 14.9. The van der Waals surface area contributed by atoms with E-state index in [1.165, 1.54) is 0 Å². The molecule has 1 unspecified atom stereocenters. The predicted molar refractivity (Wildman–Crippen MR) is 47.5 cm³/mol. The predicted octanol–water partition coefficient (Wildman–Crippen LogP) is 1.03. The first-order valence-corrected chi connectivity index (χ1v) is 6.55. The summed E-state index contributed by atoms with van der Waals surface area (Å²) in [5.41, 5.74) is -0.599. The zero-order valence-electron chi connectivity index (χ0n) is 7.18. The van der Waals surface area contributed by atoms with Crippen LogP contribution >= 0.6 is 0 Å². The van der Waals surface area contributed by atoms with Gasteiger partial charge >= 0.3 is 0 Å². The molecule has 0 spiro atoms. The SMILES string of the molecule is C#CC(C)(C)C(O)[SiH](C)C. The van der Waals surface area contributed by atoms with Crippen molar-refractivity contribution in [2.45, 2.75) is 32.7 Å². The molecule has 58 valence electrons. The van der Waals surface area contributed by atoms with Crippen molar-refractivity contribution in [1.29, 1.82) is 0 Å². The standard InChI is InChI=1S/C8H16OSi/c1-6-8(2,3)7(9)10(4)5/h1,7,9-10H,2-5H3. The van der Waals surface area contributed by atoms with Crippen molar-refractivity contribution in [1.82, 2.24) is 0 Å². The molecule has 0 saturated heterocycles. The molecule has 0 rings (SSSR count). The smallest absolute Gasteiger partial charge is 0.0672 e. The van der Waals surface area contributed by atoms with Crippen LogP contribution in [0.2, 0.25) is 13.1 Å². The highest BCUT2D eigenvalue weighted by atomic mass is 28.3. The molecule has 0 aliphatic rings. The Labute approximate surface area is 65.1 Å². The first-order chi connectivity index (χ1) is 4.41. The van der Waals surface area contributed by atoms with Gasteiger partial charge in [0.2, 0.25) is 0 Å². The van der Waals surface area contributed by atoms with Crippen molar-refractivity contribution in [3.63, 3.8) is 0 Å². The molecule has 0 amide bonds. The van der Waals surface area contributed by atoms with Crippen molar-refractivity contribution >= 4 is 8.80 Å². The van der Waals surface area contributed by atoms with Gasteiger partial charge in [0, 0.05) is 5.41 Å². The minimum absolute atomic E-state index is 0.266. The van der Waals surface area contributed by atoms with E-state index in [1.807, 2.05) is 13.8 Å². The summed E-state index contributed by atoms with van der Waals surface area (Å²) in [6, 6.07) is 0. The van der Waals surface area contributed by atoms with Crippen molar-refractivity contribution in [2.75, 3.05) is 0 Å². The highest BCUT2D eigenvalue weighted by molar-refractivity contribution is 6.57. The summed E-state index contributed by atoms with van der Waals surface area (Å²) in [7, 11) is -0.994. The minimum Gasteiger partial charge on any atom is -0.395 e. The van der Waals surface area contributed by atoms with Gasteiger partial charge in [-0.25, -0.2) is 0 Å². The Kier molecular flexibility index (Phi) is 3.14. The second-order valence-corrected chi connectivity index (χ2v) is 6.67. The fourth-order valence-electron chi connectivity index (χ4n) is 0.919. The number of aliphatic hydroxyl groups excluding tert-OH is 1. The van der Waals surface area contributed by atoms with Crippen LogP contribution in [0.25, 0.3) is 0 Å². The van der Waals surface area contributed by atoms with E-state index in [-0.39, 0.29) is 11.1 Å². The van der Waals surface area contributed by atoms with Gasteiger partial charge in [-0.15, -0.1) is 6.42 Å². The highest BCUT2D eigenvalue weighted by Gasteiger charge is 2.28. The topological polar surface area (TPSA) is 20.2 Å². The van der Waals surface area contributed by atoms with Gasteiger partial charge in [0.05, 0.1) is 14.5 Å². The fourth-order valence-corrected chi connectivity index (χ4v) is 2.68. The molecule has 0 aromatic rings. The van der Waals surface area contributed by atoms with E-state index in [0.29, 0.717) is 0 Å². The fraction of sp³-hybridized carbons (Fsp3) is 0.750. The molecule has 0 saturated carbocycles. The van der Waals surface area contributed by atoms with Gasteiger partial charge in [-0.3, -0.25) is 0 Å². The molecule has 2 heteroatoms. The zero-order valence-corrected chi connectivity index (χ0v) is 8.33. The minimum atomic E-state index is -0.994. The molecule has 1 N–H and O–H groups in total. The van der Waals surface area contributed by atoms with Crippen LogP contribution in [0.1, 0.15) is 13.8 Å². The number of hydrogen-bond donors (Lipinski definition) is 1. The van der Waals surface area contributed by atoms with Crippen LogP contribution in [0, 0.1) is 17.8 Å². The van der Waals surface area contributed by atoms with Crippen molar-refractivity contribution in [2.24, 2.45) is 5.41 Å². The zero-order chi connectivity index (χ0) is 8.36. The molecule has 0 bridgehead atoms. The maximum absolute atomic E-state index is 9.57. The Morgan fingerprint density at radius 3 is 2.00 bits per heavy atom. The summed E-state index contributed by atoms with van der Waals surface area (Å²) in [5.74, 6) is 2.61. The summed E-state index contributed by atoms with van der Waals surface area (Å²) in [4.78, 5) is 0. The third-order valence-electron chi connectivity index (χ3n) is 1.74. The lowest BCUT2D eigenvalue weighted by Crippen LogP contribution is -2.38. The highest BCUT2D eigenvalue weighted by Crippen LogP contribution is 2.20. The molecular weight excluding hydrogens is 140 g/mol. The van der Waals surface area contributed by atoms with Crippen molar-refractivity contribution < 1.29 is 5.11 Å². The van der Waals surface area contributed by atoms with E-state index in [9.17, 15) is 5.11 Å². The van der Waals surface area contributed by atoms with E-state index in [1.54, 1.807) is 0 Å². The lowest BCUT2D eigenvalue weighted by Gasteiger charge is -2.27. The second-order valence-electron chi connectivity index (χ2n) is 3.55. The van der Waals surface area contributed by atoms with E-state index in [4.69, 9.17) is 6.42 Å². The summed E-state index contributed by atoms with van der Waals surface area (Å²) in [6.45, 7) is 8.02. The van der Waals surface area contributed by atoms with Crippen LogP contribution < -0.4 is 0 Å². The van der Waals surface area contributed by atoms with Crippen LogP contribution in [-0.4, -0.2) is 19.6 Å². The Hall–Kier alpha value is -0.263. The van der Waals surface area contributed by atoms with Gasteiger partial charge in [0.1, 0.15) is 0 Å². The third-order valence-corrected chi connectivity index (χ3v) is 3.84. The number of terminal acetylenes is 1.